The quantitative estimate of drug-likeness (QED) is 0.714. The number of piperazine rings is 2. The molecule has 3 amide bonds. The van der Waals surface area contributed by atoms with E-state index >= 15 is 0 Å². The molecule has 0 bridgehead atoms. The van der Waals surface area contributed by atoms with Gasteiger partial charge in [-0.05, 0) is 18.4 Å². The average molecular weight is 399 g/mol. The summed E-state index contributed by atoms with van der Waals surface area (Å²) in [5.41, 5.74) is 1.03. The molecule has 1 aromatic carbocycles. The summed E-state index contributed by atoms with van der Waals surface area (Å²) >= 11 is 0. The fourth-order valence-electron chi connectivity index (χ4n) is 4.51. The van der Waals surface area contributed by atoms with Crippen LogP contribution in [0.5, 0.6) is 0 Å². The predicted molar refractivity (Wildman–Crippen MR) is 107 cm³/mol. The molecule has 2 atom stereocenters. The minimum atomic E-state index is -0.579. The highest BCUT2D eigenvalue weighted by Crippen LogP contribution is 2.32. The molecule has 0 unspecified atom stereocenters. The van der Waals surface area contributed by atoms with Crippen LogP contribution in [0.1, 0.15) is 24.8 Å². The highest BCUT2D eigenvalue weighted by atomic mass is 16.5. The van der Waals surface area contributed by atoms with E-state index in [2.05, 4.69) is 0 Å². The first-order chi connectivity index (χ1) is 14.1. The molecule has 1 saturated carbocycles. The number of ether oxygens (including phenoxy) is 1. The van der Waals surface area contributed by atoms with Crippen LogP contribution in [0.15, 0.2) is 30.3 Å². The van der Waals surface area contributed by atoms with Gasteiger partial charge in [-0.1, -0.05) is 36.8 Å². The van der Waals surface area contributed by atoms with E-state index < -0.39 is 12.1 Å². The SMILES string of the molecule is COCCN1CCN2C(=O)[C@H](Cc3ccccc3)N(C(=O)C3CCC3)C[C@H]2C1=O. The molecule has 156 valence electrons. The molecule has 0 radical (unpaired) electrons. The van der Waals surface area contributed by atoms with Crippen LogP contribution < -0.4 is 0 Å². The molecular weight excluding hydrogens is 370 g/mol. The average Bonchev–Trinajstić information content (AvgIpc) is 2.69. The van der Waals surface area contributed by atoms with Gasteiger partial charge in [0, 0.05) is 39.1 Å². The Morgan fingerprint density at radius 1 is 1.10 bits per heavy atom. The molecule has 0 N–H and O–H groups in total. The van der Waals surface area contributed by atoms with Crippen molar-refractivity contribution in [1.82, 2.24) is 14.7 Å². The number of methoxy groups -OCH3 is 1. The summed E-state index contributed by atoms with van der Waals surface area (Å²) in [5, 5.41) is 0. The fourth-order valence-corrected chi connectivity index (χ4v) is 4.51. The molecule has 2 saturated heterocycles. The number of amides is 3. The van der Waals surface area contributed by atoms with Crippen molar-refractivity contribution in [3.05, 3.63) is 35.9 Å². The van der Waals surface area contributed by atoms with Crippen LogP contribution in [-0.4, -0.2) is 84.4 Å². The molecular formula is C22H29N3O4. The third-order valence-corrected chi connectivity index (χ3v) is 6.47. The number of fused-ring (bicyclic) bond motifs is 1. The van der Waals surface area contributed by atoms with Crippen molar-refractivity contribution in [1.29, 1.82) is 0 Å². The molecule has 3 aliphatic rings. The highest BCUT2D eigenvalue weighted by Gasteiger charge is 2.49. The summed E-state index contributed by atoms with van der Waals surface area (Å²) in [7, 11) is 1.61. The molecule has 1 aliphatic carbocycles. The molecule has 1 aromatic rings. The van der Waals surface area contributed by atoms with Gasteiger partial charge in [0.05, 0.1) is 13.2 Å². The van der Waals surface area contributed by atoms with Crippen LogP contribution in [0.3, 0.4) is 0 Å². The van der Waals surface area contributed by atoms with E-state index in [1.54, 1.807) is 21.8 Å². The molecule has 2 heterocycles. The summed E-state index contributed by atoms with van der Waals surface area (Å²) in [6.45, 7) is 2.29. The molecule has 7 nitrogen and oxygen atoms in total. The van der Waals surface area contributed by atoms with E-state index in [-0.39, 0.29) is 23.6 Å². The number of hydrogen-bond acceptors (Lipinski definition) is 4. The Hall–Kier alpha value is -2.41. The van der Waals surface area contributed by atoms with Gasteiger partial charge in [0.2, 0.25) is 17.7 Å². The van der Waals surface area contributed by atoms with E-state index in [0.29, 0.717) is 39.2 Å². The lowest BCUT2D eigenvalue weighted by Crippen LogP contribution is -2.71. The Kier molecular flexibility index (Phi) is 5.85. The second-order valence-corrected chi connectivity index (χ2v) is 8.19. The Labute approximate surface area is 171 Å². The molecule has 3 fully saturated rings. The minimum Gasteiger partial charge on any atom is -0.383 e. The zero-order valence-corrected chi connectivity index (χ0v) is 17.0. The Balaban J connectivity index is 1.58. The van der Waals surface area contributed by atoms with Crippen LogP contribution in [0, 0.1) is 5.92 Å². The first kappa shape index (κ1) is 19.9. The lowest BCUT2D eigenvalue weighted by Gasteiger charge is -2.50. The lowest BCUT2D eigenvalue weighted by atomic mass is 9.83. The Bertz CT molecular complexity index is 765. The first-order valence-electron chi connectivity index (χ1n) is 10.5. The summed E-state index contributed by atoms with van der Waals surface area (Å²) in [6, 6.07) is 8.70. The van der Waals surface area contributed by atoms with Crippen molar-refractivity contribution < 1.29 is 19.1 Å². The third kappa shape index (κ3) is 3.88. The molecule has 29 heavy (non-hydrogen) atoms. The van der Waals surface area contributed by atoms with Gasteiger partial charge in [0.25, 0.3) is 0 Å². The molecule has 4 rings (SSSR count). The van der Waals surface area contributed by atoms with Crippen molar-refractivity contribution >= 4 is 17.7 Å². The van der Waals surface area contributed by atoms with Gasteiger partial charge in [-0.25, -0.2) is 0 Å². The zero-order chi connectivity index (χ0) is 20.4. The number of rotatable bonds is 6. The molecule has 0 spiro atoms. The fraction of sp³-hybridized carbons (Fsp3) is 0.591. The number of benzene rings is 1. The summed E-state index contributed by atoms with van der Waals surface area (Å²) in [4.78, 5) is 44.8. The van der Waals surface area contributed by atoms with E-state index in [0.717, 1.165) is 24.8 Å². The van der Waals surface area contributed by atoms with Crippen molar-refractivity contribution in [3.63, 3.8) is 0 Å². The zero-order valence-electron chi connectivity index (χ0n) is 17.0. The van der Waals surface area contributed by atoms with E-state index in [9.17, 15) is 14.4 Å². The van der Waals surface area contributed by atoms with E-state index in [4.69, 9.17) is 4.74 Å². The molecule has 0 aromatic heterocycles. The van der Waals surface area contributed by atoms with Crippen molar-refractivity contribution in [2.75, 3.05) is 39.9 Å². The third-order valence-electron chi connectivity index (χ3n) is 6.47. The summed E-state index contributed by atoms with van der Waals surface area (Å²) < 4.78 is 5.11. The monoisotopic (exact) mass is 399 g/mol. The smallest absolute Gasteiger partial charge is 0.247 e. The van der Waals surface area contributed by atoms with Crippen LogP contribution in [0.4, 0.5) is 0 Å². The maximum atomic E-state index is 13.4. The van der Waals surface area contributed by atoms with Crippen LogP contribution in [0.25, 0.3) is 0 Å². The summed E-state index contributed by atoms with van der Waals surface area (Å²) in [5.74, 6) is -0.147. The van der Waals surface area contributed by atoms with Gasteiger partial charge in [-0.3, -0.25) is 14.4 Å². The van der Waals surface area contributed by atoms with Crippen LogP contribution >= 0.6 is 0 Å². The first-order valence-corrected chi connectivity index (χ1v) is 10.5. The minimum absolute atomic E-state index is 0.00379. The summed E-state index contributed by atoms with van der Waals surface area (Å²) in [6.07, 6.45) is 3.30. The van der Waals surface area contributed by atoms with Crippen LogP contribution in [0.2, 0.25) is 0 Å². The highest BCUT2D eigenvalue weighted by molar-refractivity contribution is 5.96. The second kappa shape index (κ2) is 8.53. The Morgan fingerprint density at radius 3 is 2.52 bits per heavy atom. The normalized spacial score (nSPS) is 25.1. The lowest BCUT2D eigenvalue weighted by molar-refractivity contribution is -0.168. The topological polar surface area (TPSA) is 70.2 Å². The standard InChI is InChI=1S/C22H29N3O4/c1-29-13-12-23-10-11-24-19(21(23)27)15-25(20(26)17-8-5-9-17)18(22(24)28)14-16-6-3-2-4-7-16/h2-4,6-7,17-19H,5,8-15H2,1H3/t18-,19-/m0/s1. The number of carbonyl (C=O) groups is 3. The van der Waals surface area contributed by atoms with Crippen molar-refractivity contribution in [3.8, 4) is 0 Å². The van der Waals surface area contributed by atoms with Gasteiger partial charge in [-0.15, -0.1) is 0 Å². The number of carbonyl (C=O) groups excluding carboxylic acids is 3. The molecule has 7 heteroatoms. The maximum absolute atomic E-state index is 13.4. The molecule has 2 aliphatic heterocycles. The van der Waals surface area contributed by atoms with Crippen molar-refractivity contribution in [2.45, 2.75) is 37.8 Å². The predicted octanol–water partition coefficient (Wildman–Crippen LogP) is 0.926. The Morgan fingerprint density at radius 2 is 1.86 bits per heavy atom. The largest absolute Gasteiger partial charge is 0.383 e. The van der Waals surface area contributed by atoms with Gasteiger partial charge >= 0.3 is 0 Å². The second-order valence-electron chi connectivity index (χ2n) is 8.19. The van der Waals surface area contributed by atoms with Crippen LogP contribution in [-0.2, 0) is 25.5 Å². The van der Waals surface area contributed by atoms with Gasteiger partial charge < -0.3 is 19.4 Å². The van der Waals surface area contributed by atoms with Gasteiger partial charge in [0.1, 0.15) is 12.1 Å². The van der Waals surface area contributed by atoms with E-state index in [1.807, 2.05) is 30.3 Å². The van der Waals surface area contributed by atoms with Gasteiger partial charge in [-0.2, -0.15) is 0 Å². The van der Waals surface area contributed by atoms with Gasteiger partial charge in [0.15, 0.2) is 0 Å². The number of hydrogen-bond donors (Lipinski definition) is 0. The maximum Gasteiger partial charge on any atom is 0.247 e. The van der Waals surface area contributed by atoms with Crippen molar-refractivity contribution in [2.24, 2.45) is 5.92 Å². The van der Waals surface area contributed by atoms with E-state index in [1.165, 1.54) is 0 Å². The number of nitrogens with zero attached hydrogens (tertiary/aromatic N) is 3.